The summed E-state index contributed by atoms with van der Waals surface area (Å²) in [6, 6.07) is 10.1. The maximum Gasteiger partial charge on any atom is 0.191 e. The van der Waals surface area contributed by atoms with Gasteiger partial charge in [0.25, 0.3) is 0 Å². The van der Waals surface area contributed by atoms with Gasteiger partial charge in [-0.05, 0) is 24.3 Å². The molecule has 0 radical (unpaired) electrons. The van der Waals surface area contributed by atoms with Crippen LogP contribution in [0.15, 0.2) is 35.3 Å². The van der Waals surface area contributed by atoms with Crippen LogP contribution in [0.5, 0.6) is 0 Å². The van der Waals surface area contributed by atoms with E-state index in [-0.39, 0.29) is 35.1 Å². The Hall–Kier alpha value is -0.830. The number of guanidine groups is 1. The van der Waals surface area contributed by atoms with Crippen molar-refractivity contribution in [1.29, 1.82) is 0 Å². The Kier molecular flexibility index (Phi) is 10.5. The van der Waals surface area contributed by atoms with E-state index >= 15 is 0 Å². The fraction of sp³-hybridized carbons (Fsp3) is 0.588. The Balaban J connectivity index is 0.00000529. The zero-order chi connectivity index (χ0) is 17.3. The van der Waals surface area contributed by atoms with Crippen LogP contribution < -0.4 is 10.6 Å². The number of rotatable bonds is 8. The Labute approximate surface area is 163 Å². The average molecular weight is 467 g/mol. The van der Waals surface area contributed by atoms with E-state index in [1.54, 1.807) is 0 Å². The first-order valence-corrected chi connectivity index (χ1v) is 10.0. The molecule has 24 heavy (non-hydrogen) atoms. The van der Waals surface area contributed by atoms with Crippen LogP contribution in [0.25, 0.3) is 0 Å². The number of aliphatic imine (C=N–C) groups is 1. The van der Waals surface area contributed by atoms with Gasteiger partial charge in [-0.2, -0.15) is 0 Å². The van der Waals surface area contributed by atoms with E-state index < -0.39 is 9.84 Å². The summed E-state index contributed by atoms with van der Waals surface area (Å²) in [4.78, 5) is 4.57. The summed E-state index contributed by atoms with van der Waals surface area (Å²) < 4.78 is 22.6. The van der Waals surface area contributed by atoms with Crippen LogP contribution in [-0.2, 0) is 16.4 Å². The molecule has 0 aliphatic heterocycles. The number of halogens is 1. The van der Waals surface area contributed by atoms with Crippen molar-refractivity contribution in [2.45, 2.75) is 33.7 Å². The van der Waals surface area contributed by atoms with Gasteiger partial charge in [0, 0.05) is 19.3 Å². The molecule has 0 aromatic heterocycles. The lowest BCUT2D eigenvalue weighted by Gasteiger charge is -2.25. The molecule has 0 amide bonds. The van der Waals surface area contributed by atoms with Crippen molar-refractivity contribution in [3.63, 3.8) is 0 Å². The molecular formula is C17H30IN3O2S. The van der Waals surface area contributed by atoms with Gasteiger partial charge >= 0.3 is 0 Å². The molecular weight excluding hydrogens is 437 g/mol. The van der Waals surface area contributed by atoms with Gasteiger partial charge < -0.3 is 10.6 Å². The molecule has 0 aliphatic rings. The van der Waals surface area contributed by atoms with Gasteiger partial charge in [-0.25, -0.2) is 13.4 Å². The highest BCUT2D eigenvalue weighted by Crippen LogP contribution is 2.19. The molecule has 0 fully saturated rings. The van der Waals surface area contributed by atoms with Crippen molar-refractivity contribution in [2.24, 2.45) is 10.4 Å². The van der Waals surface area contributed by atoms with Crippen molar-refractivity contribution in [2.75, 3.05) is 25.1 Å². The molecule has 0 atom stereocenters. The predicted octanol–water partition coefficient (Wildman–Crippen LogP) is 2.82. The second-order valence-corrected chi connectivity index (χ2v) is 8.84. The Morgan fingerprint density at radius 3 is 2.33 bits per heavy atom. The van der Waals surface area contributed by atoms with Crippen molar-refractivity contribution >= 4 is 39.8 Å². The molecule has 0 aliphatic carbocycles. The van der Waals surface area contributed by atoms with Crippen LogP contribution in [0.3, 0.4) is 0 Å². The third-order valence-electron chi connectivity index (χ3n) is 3.49. The summed E-state index contributed by atoms with van der Waals surface area (Å²) in [7, 11) is -2.93. The molecule has 0 heterocycles. The van der Waals surface area contributed by atoms with Crippen LogP contribution in [0.2, 0.25) is 0 Å². The zero-order valence-electron chi connectivity index (χ0n) is 15.0. The minimum Gasteiger partial charge on any atom is -0.357 e. The lowest BCUT2D eigenvalue weighted by atomic mass is 9.90. The monoisotopic (exact) mass is 467 g/mol. The van der Waals surface area contributed by atoms with Gasteiger partial charge in [0.1, 0.15) is 9.84 Å². The predicted molar refractivity (Wildman–Crippen MR) is 113 cm³/mol. The second kappa shape index (κ2) is 10.9. The summed E-state index contributed by atoms with van der Waals surface area (Å²) in [5, 5.41) is 6.53. The SMILES string of the molecule is CCNC(=NCc1ccccc1)NCC(C)(C)CCS(C)(=O)=O.I. The van der Waals surface area contributed by atoms with Crippen molar-refractivity contribution in [3.8, 4) is 0 Å². The molecule has 0 saturated carbocycles. The molecule has 1 aromatic carbocycles. The summed E-state index contributed by atoms with van der Waals surface area (Å²) in [5.41, 5.74) is 1.03. The highest BCUT2D eigenvalue weighted by Gasteiger charge is 2.20. The zero-order valence-corrected chi connectivity index (χ0v) is 18.1. The first-order valence-electron chi connectivity index (χ1n) is 7.96. The molecule has 0 unspecified atom stereocenters. The second-order valence-electron chi connectivity index (χ2n) is 6.58. The highest BCUT2D eigenvalue weighted by atomic mass is 127. The maximum atomic E-state index is 11.3. The largest absolute Gasteiger partial charge is 0.357 e. The van der Waals surface area contributed by atoms with Gasteiger partial charge in [0.15, 0.2) is 5.96 Å². The first kappa shape index (κ1) is 23.2. The van der Waals surface area contributed by atoms with E-state index in [1.807, 2.05) is 37.3 Å². The lowest BCUT2D eigenvalue weighted by molar-refractivity contribution is 0.348. The fourth-order valence-electron chi connectivity index (χ4n) is 1.97. The van der Waals surface area contributed by atoms with E-state index in [1.165, 1.54) is 6.26 Å². The van der Waals surface area contributed by atoms with E-state index in [2.05, 4.69) is 29.5 Å². The number of sulfone groups is 1. The first-order chi connectivity index (χ1) is 10.7. The van der Waals surface area contributed by atoms with Gasteiger partial charge in [0.05, 0.1) is 12.3 Å². The smallest absolute Gasteiger partial charge is 0.191 e. The average Bonchev–Trinajstić information content (AvgIpc) is 2.49. The molecule has 138 valence electrons. The van der Waals surface area contributed by atoms with Crippen LogP contribution in [0.4, 0.5) is 0 Å². The van der Waals surface area contributed by atoms with Crippen LogP contribution in [-0.4, -0.2) is 39.5 Å². The Bertz CT molecular complexity index is 602. The van der Waals surface area contributed by atoms with Gasteiger partial charge in [-0.1, -0.05) is 44.2 Å². The van der Waals surface area contributed by atoms with Gasteiger partial charge in [-0.3, -0.25) is 0 Å². The van der Waals surface area contributed by atoms with Crippen molar-refractivity contribution < 1.29 is 8.42 Å². The third-order valence-corrected chi connectivity index (χ3v) is 4.44. The molecule has 2 N–H and O–H groups in total. The molecule has 7 heteroatoms. The topological polar surface area (TPSA) is 70.6 Å². The molecule has 1 rings (SSSR count). The van der Waals surface area contributed by atoms with E-state index in [0.29, 0.717) is 19.5 Å². The maximum absolute atomic E-state index is 11.3. The highest BCUT2D eigenvalue weighted by molar-refractivity contribution is 14.0. The Morgan fingerprint density at radius 1 is 1.17 bits per heavy atom. The summed E-state index contributed by atoms with van der Waals surface area (Å²) in [5.74, 6) is 0.961. The fourth-order valence-corrected chi connectivity index (χ4v) is 2.89. The van der Waals surface area contributed by atoms with E-state index in [4.69, 9.17) is 0 Å². The van der Waals surface area contributed by atoms with Crippen molar-refractivity contribution in [3.05, 3.63) is 35.9 Å². The quantitative estimate of drug-likeness (QED) is 0.351. The summed E-state index contributed by atoms with van der Waals surface area (Å²) in [6.45, 7) is 8.21. The van der Waals surface area contributed by atoms with Crippen LogP contribution in [0.1, 0.15) is 32.8 Å². The number of hydrogen-bond donors (Lipinski definition) is 2. The van der Waals surface area contributed by atoms with Crippen molar-refractivity contribution in [1.82, 2.24) is 10.6 Å². The lowest BCUT2D eigenvalue weighted by Crippen LogP contribution is -2.42. The summed E-state index contributed by atoms with van der Waals surface area (Å²) in [6.07, 6.45) is 1.90. The van der Waals surface area contributed by atoms with E-state index in [9.17, 15) is 8.42 Å². The molecule has 0 saturated heterocycles. The normalized spacial score (nSPS) is 12.4. The minimum atomic E-state index is -2.93. The number of nitrogens with zero attached hydrogens (tertiary/aromatic N) is 1. The Morgan fingerprint density at radius 2 is 1.79 bits per heavy atom. The standard InChI is InChI=1S/C17H29N3O2S.HI/c1-5-18-16(19-13-15-9-7-6-8-10-15)20-14-17(2,3)11-12-23(4,21)22;/h6-10H,5,11-14H2,1-4H3,(H2,18,19,20);1H. The third kappa shape index (κ3) is 10.9. The number of nitrogens with one attached hydrogen (secondary N) is 2. The number of hydrogen-bond acceptors (Lipinski definition) is 3. The van der Waals surface area contributed by atoms with Crippen LogP contribution in [0, 0.1) is 5.41 Å². The van der Waals surface area contributed by atoms with Gasteiger partial charge in [0.2, 0.25) is 0 Å². The molecule has 1 aromatic rings. The number of benzene rings is 1. The molecule has 5 nitrogen and oxygen atoms in total. The van der Waals surface area contributed by atoms with E-state index in [0.717, 1.165) is 18.1 Å². The molecule has 0 bridgehead atoms. The van der Waals surface area contributed by atoms with Crippen LogP contribution >= 0.6 is 24.0 Å². The minimum absolute atomic E-state index is 0. The van der Waals surface area contributed by atoms with Gasteiger partial charge in [-0.15, -0.1) is 24.0 Å². The summed E-state index contributed by atoms with van der Waals surface area (Å²) >= 11 is 0. The molecule has 0 spiro atoms.